The van der Waals surface area contributed by atoms with E-state index in [1.165, 1.54) is 0 Å². The van der Waals surface area contributed by atoms with E-state index in [9.17, 15) is 8.42 Å². The second-order valence-electron chi connectivity index (χ2n) is 2.88. The van der Waals surface area contributed by atoms with Crippen molar-refractivity contribution in [2.45, 2.75) is 19.4 Å². The molecule has 0 bridgehead atoms. The molecule has 0 aromatic heterocycles. The Kier molecular flexibility index (Phi) is 6.75. The van der Waals surface area contributed by atoms with E-state index in [0.717, 1.165) is 12.2 Å². The first-order valence-electron chi connectivity index (χ1n) is 4.22. The van der Waals surface area contributed by atoms with E-state index >= 15 is 0 Å². The van der Waals surface area contributed by atoms with Crippen molar-refractivity contribution in [3.8, 4) is 0 Å². The molecule has 80 valence electrons. The standard InChI is InChI=1S/C7H18N2O2S2/c1-3-7(6-12-2)9-4-5-13(8,10)11/h7,9H,3-6H2,1-2H3,(H2,8,10,11). The highest BCUT2D eigenvalue weighted by Gasteiger charge is 2.06. The molecule has 0 saturated heterocycles. The van der Waals surface area contributed by atoms with E-state index in [4.69, 9.17) is 5.14 Å². The van der Waals surface area contributed by atoms with Gasteiger partial charge in [0.1, 0.15) is 0 Å². The number of hydrogen-bond acceptors (Lipinski definition) is 4. The lowest BCUT2D eigenvalue weighted by molar-refractivity contribution is 0.551. The van der Waals surface area contributed by atoms with Gasteiger partial charge in [0, 0.05) is 18.3 Å². The van der Waals surface area contributed by atoms with E-state index in [2.05, 4.69) is 12.2 Å². The molecule has 6 heteroatoms. The Morgan fingerprint density at radius 3 is 2.54 bits per heavy atom. The average Bonchev–Trinajstić information content (AvgIpc) is 2.01. The summed E-state index contributed by atoms with van der Waals surface area (Å²) in [5, 5.41) is 8.01. The zero-order chi connectivity index (χ0) is 10.3. The van der Waals surface area contributed by atoms with E-state index in [1.807, 2.05) is 6.26 Å². The van der Waals surface area contributed by atoms with Crippen molar-refractivity contribution in [1.82, 2.24) is 5.32 Å². The molecule has 0 radical (unpaired) electrons. The molecule has 1 unspecified atom stereocenters. The lowest BCUT2D eigenvalue weighted by Crippen LogP contribution is -2.35. The van der Waals surface area contributed by atoms with Gasteiger partial charge in [-0.3, -0.25) is 0 Å². The van der Waals surface area contributed by atoms with Gasteiger partial charge in [0.15, 0.2) is 0 Å². The van der Waals surface area contributed by atoms with Gasteiger partial charge in [-0.25, -0.2) is 13.6 Å². The highest BCUT2D eigenvalue weighted by molar-refractivity contribution is 7.98. The van der Waals surface area contributed by atoms with Crippen LogP contribution in [0.3, 0.4) is 0 Å². The monoisotopic (exact) mass is 226 g/mol. The van der Waals surface area contributed by atoms with Crippen molar-refractivity contribution in [3.05, 3.63) is 0 Å². The zero-order valence-electron chi connectivity index (χ0n) is 8.12. The van der Waals surface area contributed by atoms with E-state index in [-0.39, 0.29) is 5.75 Å². The molecule has 0 amide bonds. The molecule has 0 aliphatic rings. The van der Waals surface area contributed by atoms with Crippen LogP contribution in [0.2, 0.25) is 0 Å². The highest BCUT2D eigenvalue weighted by atomic mass is 32.2. The fourth-order valence-corrected chi connectivity index (χ4v) is 2.09. The highest BCUT2D eigenvalue weighted by Crippen LogP contribution is 2.00. The van der Waals surface area contributed by atoms with Gasteiger partial charge in [0.05, 0.1) is 5.75 Å². The van der Waals surface area contributed by atoms with Gasteiger partial charge in [0.2, 0.25) is 10.0 Å². The molecule has 3 N–H and O–H groups in total. The minimum absolute atomic E-state index is 0.0118. The number of hydrogen-bond donors (Lipinski definition) is 2. The molecule has 13 heavy (non-hydrogen) atoms. The summed E-state index contributed by atoms with van der Waals surface area (Å²) in [6.45, 7) is 2.52. The Balaban J connectivity index is 3.61. The second kappa shape index (κ2) is 6.64. The lowest BCUT2D eigenvalue weighted by Gasteiger charge is -2.14. The Morgan fingerprint density at radius 2 is 2.15 bits per heavy atom. The molecular formula is C7H18N2O2S2. The molecule has 0 aliphatic heterocycles. The van der Waals surface area contributed by atoms with Crippen molar-refractivity contribution in [3.63, 3.8) is 0 Å². The first-order valence-corrected chi connectivity index (χ1v) is 7.33. The van der Waals surface area contributed by atoms with Crippen LogP contribution in [-0.2, 0) is 10.0 Å². The normalized spacial score (nSPS) is 14.4. The molecule has 0 aliphatic carbocycles. The maximum Gasteiger partial charge on any atom is 0.210 e. The van der Waals surface area contributed by atoms with Crippen molar-refractivity contribution in [1.29, 1.82) is 0 Å². The first-order chi connectivity index (χ1) is 5.99. The van der Waals surface area contributed by atoms with Gasteiger partial charge in [-0.05, 0) is 12.7 Å². The quantitative estimate of drug-likeness (QED) is 0.641. The molecule has 1 atom stereocenters. The maximum atomic E-state index is 10.6. The molecule has 0 aromatic rings. The molecule has 0 heterocycles. The number of nitrogens with one attached hydrogen (secondary N) is 1. The number of primary sulfonamides is 1. The fourth-order valence-electron chi connectivity index (χ4n) is 0.928. The lowest BCUT2D eigenvalue weighted by atomic mass is 10.2. The average molecular weight is 226 g/mol. The molecule has 0 spiro atoms. The van der Waals surface area contributed by atoms with Gasteiger partial charge < -0.3 is 5.32 Å². The molecule has 0 rings (SSSR count). The van der Waals surface area contributed by atoms with Crippen LogP contribution in [0.1, 0.15) is 13.3 Å². The Morgan fingerprint density at radius 1 is 1.54 bits per heavy atom. The van der Waals surface area contributed by atoms with E-state index < -0.39 is 10.0 Å². The SMILES string of the molecule is CCC(CSC)NCCS(N)(=O)=O. The van der Waals surface area contributed by atoms with Crippen molar-refractivity contribution < 1.29 is 8.42 Å². The molecule has 0 fully saturated rings. The number of rotatable bonds is 7. The summed E-state index contributed by atoms with van der Waals surface area (Å²) in [7, 11) is -3.31. The molecule has 0 aromatic carbocycles. The first kappa shape index (κ1) is 13.2. The minimum atomic E-state index is -3.31. The number of sulfonamides is 1. The van der Waals surface area contributed by atoms with Gasteiger partial charge in [-0.15, -0.1) is 0 Å². The largest absolute Gasteiger partial charge is 0.312 e. The summed E-state index contributed by atoms with van der Waals surface area (Å²) in [5.41, 5.74) is 0. The van der Waals surface area contributed by atoms with Crippen molar-refractivity contribution in [2.24, 2.45) is 5.14 Å². The molecule has 0 saturated carbocycles. The maximum absolute atomic E-state index is 10.6. The third-order valence-electron chi connectivity index (χ3n) is 1.68. The topological polar surface area (TPSA) is 72.2 Å². The molecular weight excluding hydrogens is 208 g/mol. The minimum Gasteiger partial charge on any atom is -0.312 e. The van der Waals surface area contributed by atoms with Crippen LogP contribution in [0.5, 0.6) is 0 Å². The summed E-state index contributed by atoms with van der Waals surface area (Å²) >= 11 is 1.75. The number of thioether (sulfide) groups is 1. The van der Waals surface area contributed by atoms with Crippen molar-refractivity contribution >= 4 is 21.8 Å². The van der Waals surface area contributed by atoms with E-state index in [0.29, 0.717) is 12.6 Å². The van der Waals surface area contributed by atoms with Crippen LogP contribution < -0.4 is 10.5 Å². The molecule has 4 nitrogen and oxygen atoms in total. The van der Waals surface area contributed by atoms with Crippen molar-refractivity contribution in [2.75, 3.05) is 24.3 Å². The van der Waals surface area contributed by atoms with Crippen LogP contribution in [0.4, 0.5) is 0 Å². The Bertz CT molecular complexity index is 217. The van der Waals surface area contributed by atoms with Gasteiger partial charge >= 0.3 is 0 Å². The van der Waals surface area contributed by atoms with Crippen LogP contribution >= 0.6 is 11.8 Å². The zero-order valence-corrected chi connectivity index (χ0v) is 9.75. The third-order valence-corrected chi connectivity index (χ3v) is 3.19. The summed E-state index contributed by atoms with van der Waals surface area (Å²) in [4.78, 5) is 0. The van der Waals surface area contributed by atoms with E-state index in [1.54, 1.807) is 11.8 Å². The predicted octanol–water partition coefficient (Wildman–Crippen LogP) is 0.00610. The Labute approximate surface area is 84.7 Å². The van der Waals surface area contributed by atoms with Crippen LogP contribution in [0, 0.1) is 0 Å². The van der Waals surface area contributed by atoms with Crippen LogP contribution in [0.15, 0.2) is 0 Å². The Hall–Kier alpha value is 0.220. The predicted molar refractivity (Wildman–Crippen MR) is 58.4 cm³/mol. The van der Waals surface area contributed by atoms with Gasteiger partial charge in [-0.1, -0.05) is 6.92 Å². The van der Waals surface area contributed by atoms with Crippen LogP contribution in [0.25, 0.3) is 0 Å². The summed E-state index contributed by atoms with van der Waals surface area (Å²) < 4.78 is 21.2. The van der Waals surface area contributed by atoms with Crippen LogP contribution in [-0.4, -0.2) is 38.8 Å². The summed E-state index contributed by atoms with van der Waals surface area (Å²) in [5.74, 6) is 1.01. The summed E-state index contributed by atoms with van der Waals surface area (Å²) in [6.07, 6.45) is 3.04. The summed E-state index contributed by atoms with van der Waals surface area (Å²) in [6, 6.07) is 0.386. The van der Waals surface area contributed by atoms with Gasteiger partial charge in [-0.2, -0.15) is 11.8 Å². The number of nitrogens with two attached hydrogens (primary N) is 1. The smallest absolute Gasteiger partial charge is 0.210 e. The second-order valence-corrected chi connectivity index (χ2v) is 5.53. The fraction of sp³-hybridized carbons (Fsp3) is 1.00. The van der Waals surface area contributed by atoms with Gasteiger partial charge in [0.25, 0.3) is 0 Å². The third kappa shape index (κ3) is 8.55.